The first-order valence-corrected chi connectivity index (χ1v) is 8.20. The molecule has 3 aromatic rings. The van der Waals surface area contributed by atoms with Crippen LogP contribution < -0.4 is 5.32 Å². The van der Waals surface area contributed by atoms with Crippen LogP contribution in [0.1, 0.15) is 6.92 Å². The van der Waals surface area contributed by atoms with E-state index in [0.29, 0.717) is 0 Å². The molecule has 10 heteroatoms. The normalized spacial score (nSPS) is 11.2. The highest BCUT2D eigenvalue weighted by atomic mass is 79.9. The Morgan fingerprint density at radius 3 is 3.05 bits per heavy atom. The first-order chi connectivity index (χ1) is 9.69. The predicted octanol–water partition coefficient (Wildman–Crippen LogP) is 2.56. The van der Waals surface area contributed by atoms with E-state index in [9.17, 15) is 0 Å². The number of nitrogens with one attached hydrogen (secondary N) is 1. The number of anilines is 1. The summed E-state index contributed by atoms with van der Waals surface area (Å²) in [5, 5.41) is 18.2. The molecule has 0 atom stereocenters. The number of hydrogen-bond acceptors (Lipinski definition) is 8. The molecule has 3 heterocycles. The number of hydrogen-bond donors (Lipinski definition) is 1. The smallest absolute Gasteiger partial charge is 0.206 e. The molecule has 104 valence electrons. The highest BCUT2D eigenvalue weighted by molar-refractivity contribution is 9.10. The number of rotatable bonds is 4. The molecule has 0 saturated carbocycles. The molecule has 0 aromatic carbocycles. The van der Waals surface area contributed by atoms with Gasteiger partial charge < -0.3 is 5.32 Å². The fourth-order valence-corrected chi connectivity index (χ4v) is 4.21. The summed E-state index contributed by atoms with van der Waals surface area (Å²) in [6.45, 7) is 2.85. The highest BCUT2D eigenvalue weighted by Crippen LogP contribution is 2.36. The summed E-state index contributed by atoms with van der Waals surface area (Å²) in [5.74, 6) is 0. The Morgan fingerprint density at radius 1 is 1.40 bits per heavy atom. The molecule has 3 aromatic heterocycles. The molecule has 20 heavy (non-hydrogen) atoms. The zero-order valence-electron chi connectivity index (χ0n) is 10.7. The van der Waals surface area contributed by atoms with Gasteiger partial charge in [-0.05, 0) is 34.6 Å². The summed E-state index contributed by atoms with van der Waals surface area (Å²) in [6.07, 6.45) is 1.53. The fourth-order valence-electron chi connectivity index (χ4n) is 1.65. The molecule has 0 amide bonds. The van der Waals surface area contributed by atoms with E-state index in [2.05, 4.69) is 46.5 Å². The molecule has 0 radical (unpaired) electrons. The largest absolute Gasteiger partial charge is 0.360 e. The van der Waals surface area contributed by atoms with E-state index in [-0.39, 0.29) is 0 Å². The van der Waals surface area contributed by atoms with Gasteiger partial charge in [-0.2, -0.15) is 5.10 Å². The van der Waals surface area contributed by atoms with Crippen molar-refractivity contribution in [1.29, 1.82) is 0 Å². The summed E-state index contributed by atoms with van der Waals surface area (Å²) < 4.78 is 3.28. The summed E-state index contributed by atoms with van der Waals surface area (Å²) >= 11 is 6.40. The van der Waals surface area contributed by atoms with Crippen molar-refractivity contribution in [3.05, 3.63) is 10.9 Å². The molecule has 7 nitrogen and oxygen atoms in total. The second-order valence-electron chi connectivity index (χ2n) is 3.80. The molecule has 0 unspecified atom stereocenters. The SMILES string of the molecule is CCNc1nnc(Sc2ncnc3c2c(Br)nn3C)s1. The lowest BCUT2D eigenvalue weighted by Gasteiger charge is -1.98. The van der Waals surface area contributed by atoms with Crippen LogP contribution in [-0.4, -0.2) is 36.5 Å². The van der Waals surface area contributed by atoms with Gasteiger partial charge in [0.15, 0.2) is 9.99 Å². The molecule has 0 saturated heterocycles. The van der Waals surface area contributed by atoms with E-state index in [0.717, 1.165) is 36.7 Å². The highest BCUT2D eigenvalue weighted by Gasteiger charge is 2.16. The van der Waals surface area contributed by atoms with Gasteiger partial charge in [-0.25, -0.2) is 14.6 Å². The minimum Gasteiger partial charge on any atom is -0.360 e. The lowest BCUT2D eigenvalue weighted by Crippen LogP contribution is -1.94. The minimum atomic E-state index is 0.731. The lowest BCUT2D eigenvalue weighted by molar-refractivity contribution is 0.777. The van der Waals surface area contributed by atoms with E-state index in [4.69, 9.17) is 0 Å². The minimum absolute atomic E-state index is 0.731. The summed E-state index contributed by atoms with van der Waals surface area (Å²) in [5.41, 5.74) is 0.783. The van der Waals surface area contributed by atoms with Gasteiger partial charge in [0.2, 0.25) is 5.13 Å². The maximum Gasteiger partial charge on any atom is 0.206 e. The molecule has 0 aliphatic carbocycles. The molecule has 1 N–H and O–H groups in total. The van der Waals surface area contributed by atoms with Crippen molar-refractivity contribution in [1.82, 2.24) is 29.9 Å². The van der Waals surface area contributed by atoms with E-state index in [1.807, 2.05) is 14.0 Å². The van der Waals surface area contributed by atoms with Gasteiger partial charge in [0.05, 0.1) is 5.39 Å². The van der Waals surface area contributed by atoms with E-state index >= 15 is 0 Å². The standard InChI is InChI=1S/C10H10BrN7S2/c1-3-12-9-15-16-10(20-9)19-8-5-6(11)17-18(2)7(5)13-4-14-8/h4H,3H2,1-2H3,(H,12,15). The monoisotopic (exact) mass is 371 g/mol. The number of halogens is 1. The Hall–Kier alpha value is -1.26. The summed E-state index contributed by atoms with van der Waals surface area (Å²) in [7, 11) is 1.85. The molecule has 3 rings (SSSR count). The molecule has 0 bridgehead atoms. The average molecular weight is 372 g/mol. The van der Waals surface area contributed by atoms with Crippen LogP contribution in [0.5, 0.6) is 0 Å². The predicted molar refractivity (Wildman–Crippen MR) is 82.2 cm³/mol. The van der Waals surface area contributed by atoms with Gasteiger partial charge in [-0.3, -0.25) is 0 Å². The zero-order chi connectivity index (χ0) is 14.1. The number of nitrogens with zero attached hydrogens (tertiary/aromatic N) is 6. The average Bonchev–Trinajstić information content (AvgIpc) is 2.97. The van der Waals surface area contributed by atoms with Crippen LogP contribution in [0.3, 0.4) is 0 Å². The second-order valence-corrected chi connectivity index (χ2v) is 6.76. The fraction of sp³-hybridized carbons (Fsp3) is 0.300. The van der Waals surface area contributed by atoms with Crippen LogP contribution in [0.2, 0.25) is 0 Å². The van der Waals surface area contributed by atoms with Gasteiger partial charge in [0.25, 0.3) is 0 Å². The number of aromatic nitrogens is 6. The lowest BCUT2D eigenvalue weighted by atomic mass is 10.4. The van der Waals surface area contributed by atoms with Gasteiger partial charge in [0, 0.05) is 13.6 Å². The van der Waals surface area contributed by atoms with Gasteiger partial charge in [0.1, 0.15) is 16.0 Å². The van der Waals surface area contributed by atoms with Crippen molar-refractivity contribution in [2.24, 2.45) is 7.05 Å². The van der Waals surface area contributed by atoms with Crippen molar-refractivity contribution in [2.75, 3.05) is 11.9 Å². The molecule has 0 fully saturated rings. The van der Waals surface area contributed by atoms with Crippen LogP contribution >= 0.6 is 39.0 Å². The van der Waals surface area contributed by atoms with Crippen molar-refractivity contribution >= 4 is 55.2 Å². The van der Waals surface area contributed by atoms with E-state index in [1.165, 1.54) is 29.4 Å². The maximum atomic E-state index is 4.32. The van der Waals surface area contributed by atoms with Gasteiger partial charge in [-0.1, -0.05) is 11.3 Å². The second kappa shape index (κ2) is 5.62. The van der Waals surface area contributed by atoms with Crippen LogP contribution in [0, 0.1) is 0 Å². The van der Waals surface area contributed by atoms with E-state index < -0.39 is 0 Å². The van der Waals surface area contributed by atoms with Crippen molar-refractivity contribution in [3.63, 3.8) is 0 Å². The molecular weight excluding hydrogens is 362 g/mol. The third-order valence-electron chi connectivity index (χ3n) is 2.46. The number of fused-ring (bicyclic) bond motifs is 1. The molecule has 0 aliphatic rings. The van der Waals surface area contributed by atoms with Crippen molar-refractivity contribution in [3.8, 4) is 0 Å². The van der Waals surface area contributed by atoms with Gasteiger partial charge in [-0.15, -0.1) is 10.2 Å². The first-order valence-electron chi connectivity index (χ1n) is 5.77. The number of aryl methyl sites for hydroxylation is 1. The molecular formula is C10H10BrN7S2. The third-order valence-corrected chi connectivity index (χ3v) is 4.95. The first kappa shape index (κ1) is 13.7. The van der Waals surface area contributed by atoms with E-state index in [1.54, 1.807) is 4.68 Å². The quantitative estimate of drug-likeness (QED) is 0.705. The van der Waals surface area contributed by atoms with Gasteiger partial charge >= 0.3 is 0 Å². The van der Waals surface area contributed by atoms with Crippen LogP contribution in [0.15, 0.2) is 20.3 Å². The topological polar surface area (TPSA) is 81.4 Å². The third kappa shape index (κ3) is 2.50. The molecule has 0 aliphatic heterocycles. The summed E-state index contributed by atoms with van der Waals surface area (Å²) in [4.78, 5) is 8.56. The maximum absolute atomic E-state index is 4.32. The Morgan fingerprint density at radius 2 is 2.25 bits per heavy atom. The van der Waals surface area contributed by atoms with Crippen LogP contribution in [0.25, 0.3) is 11.0 Å². The van der Waals surface area contributed by atoms with Crippen molar-refractivity contribution in [2.45, 2.75) is 16.3 Å². The summed E-state index contributed by atoms with van der Waals surface area (Å²) in [6, 6.07) is 0. The zero-order valence-corrected chi connectivity index (χ0v) is 13.9. The van der Waals surface area contributed by atoms with Crippen molar-refractivity contribution < 1.29 is 0 Å². The van der Waals surface area contributed by atoms with Crippen LogP contribution in [0.4, 0.5) is 5.13 Å². The Labute approximate surface area is 131 Å². The Kier molecular flexibility index (Phi) is 3.85. The van der Waals surface area contributed by atoms with Crippen LogP contribution in [-0.2, 0) is 7.05 Å². The Balaban J connectivity index is 1.97. The Bertz CT molecular complexity index is 753. The molecule has 0 spiro atoms.